The van der Waals surface area contributed by atoms with Gasteiger partial charge in [-0.15, -0.1) is 11.3 Å². The van der Waals surface area contributed by atoms with Crippen LogP contribution in [0.2, 0.25) is 0 Å². The fourth-order valence-corrected chi connectivity index (χ4v) is 6.47. The Hall–Kier alpha value is -0.960. The number of hydrogen-bond acceptors (Lipinski definition) is 6. The minimum atomic E-state index is -3.86. The molecule has 1 heterocycles. The van der Waals surface area contributed by atoms with Gasteiger partial charge < -0.3 is 10.5 Å². The molecule has 2 rings (SSSR count). The molecule has 8 heteroatoms. The highest BCUT2D eigenvalue weighted by molar-refractivity contribution is 7.89. The van der Waals surface area contributed by atoms with Crippen molar-refractivity contribution in [1.29, 1.82) is 0 Å². The van der Waals surface area contributed by atoms with Gasteiger partial charge in [-0.2, -0.15) is 0 Å². The summed E-state index contributed by atoms with van der Waals surface area (Å²) in [6.07, 6.45) is 3.67. The Kier molecular flexibility index (Phi) is 5.50. The molecule has 0 radical (unpaired) electrons. The van der Waals surface area contributed by atoms with E-state index < -0.39 is 21.5 Å². The van der Waals surface area contributed by atoms with E-state index in [-0.39, 0.29) is 22.2 Å². The summed E-state index contributed by atoms with van der Waals surface area (Å²) in [5.74, 6) is -0.487. The number of esters is 1. The Morgan fingerprint density at radius 2 is 2.22 bits per heavy atom. The summed E-state index contributed by atoms with van der Waals surface area (Å²) < 4.78 is 33.5. The largest absolute Gasteiger partial charge is 0.465 e. The van der Waals surface area contributed by atoms with Gasteiger partial charge in [0, 0.05) is 12.1 Å². The molecular weight excluding hydrogens is 336 g/mol. The summed E-state index contributed by atoms with van der Waals surface area (Å²) in [4.78, 5) is 12.0. The highest BCUT2D eigenvalue weighted by Crippen LogP contribution is 2.36. The molecule has 3 N–H and O–H groups in total. The molecule has 1 saturated carbocycles. The number of carbonyl (C=O) groups is 1. The van der Waals surface area contributed by atoms with Crippen LogP contribution in [0.1, 0.15) is 47.8 Å². The molecule has 2 unspecified atom stereocenters. The van der Waals surface area contributed by atoms with Crippen molar-refractivity contribution in [3.05, 3.63) is 15.8 Å². The number of methoxy groups -OCH3 is 1. The molecule has 1 aromatic heterocycles. The summed E-state index contributed by atoms with van der Waals surface area (Å²) in [5, 5.41) is 1.65. The Labute approximate surface area is 141 Å². The van der Waals surface area contributed by atoms with Crippen molar-refractivity contribution < 1.29 is 17.9 Å². The van der Waals surface area contributed by atoms with E-state index in [4.69, 9.17) is 10.5 Å². The van der Waals surface area contributed by atoms with Gasteiger partial charge in [0.2, 0.25) is 10.0 Å². The van der Waals surface area contributed by atoms with Crippen molar-refractivity contribution in [2.45, 2.75) is 50.0 Å². The van der Waals surface area contributed by atoms with Gasteiger partial charge in [0.1, 0.15) is 9.77 Å². The first-order valence-corrected chi connectivity index (χ1v) is 10.0. The monoisotopic (exact) mass is 360 g/mol. The van der Waals surface area contributed by atoms with E-state index in [1.807, 2.05) is 6.92 Å². The van der Waals surface area contributed by atoms with Crippen LogP contribution in [0.3, 0.4) is 0 Å². The van der Waals surface area contributed by atoms with E-state index in [1.165, 1.54) is 7.11 Å². The van der Waals surface area contributed by atoms with Gasteiger partial charge in [-0.3, -0.25) is 0 Å². The number of sulfonamides is 1. The van der Waals surface area contributed by atoms with E-state index in [0.29, 0.717) is 12.0 Å². The van der Waals surface area contributed by atoms with Crippen molar-refractivity contribution in [1.82, 2.24) is 4.72 Å². The SMILES string of the molecule is COC(=O)c1scc(C)c1S(=O)(=O)NC1(CN)CCCCC1C. The maximum absolute atomic E-state index is 13.0. The first-order valence-electron chi connectivity index (χ1n) is 7.68. The van der Waals surface area contributed by atoms with Gasteiger partial charge in [0.15, 0.2) is 0 Å². The molecule has 0 spiro atoms. The lowest BCUT2D eigenvalue weighted by Gasteiger charge is -2.42. The van der Waals surface area contributed by atoms with Crippen LogP contribution in [0.5, 0.6) is 0 Å². The molecule has 2 atom stereocenters. The lowest BCUT2D eigenvalue weighted by molar-refractivity contribution is 0.0602. The number of ether oxygens (including phenoxy) is 1. The van der Waals surface area contributed by atoms with Gasteiger partial charge in [0.05, 0.1) is 7.11 Å². The fraction of sp³-hybridized carbons (Fsp3) is 0.667. The molecule has 1 aliphatic carbocycles. The third-order valence-electron chi connectivity index (χ3n) is 4.71. The number of rotatable bonds is 5. The fourth-order valence-electron chi connectivity index (χ4n) is 3.23. The molecule has 0 aliphatic heterocycles. The van der Waals surface area contributed by atoms with Gasteiger partial charge in [0.25, 0.3) is 0 Å². The Bertz CT molecular complexity index is 684. The van der Waals surface area contributed by atoms with Crippen molar-refractivity contribution in [2.24, 2.45) is 11.7 Å². The Morgan fingerprint density at radius 3 is 2.78 bits per heavy atom. The van der Waals surface area contributed by atoms with Crippen LogP contribution in [-0.2, 0) is 14.8 Å². The average Bonchev–Trinajstić information content (AvgIpc) is 2.91. The molecule has 1 fully saturated rings. The van der Waals surface area contributed by atoms with Crippen LogP contribution in [-0.4, -0.2) is 33.6 Å². The van der Waals surface area contributed by atoms with Crippen LogP contribution in [0.15, 0.2) is 10.3 Å². The second-order valence-corrected chi connectivity index (χ2v) is 8.68. The molecule has 0 amide bonds. The molecule has 1 aromatic rings. The average molecular weight is 361 g/mol. The molecule has 0 saturated heterocycles. The maximum atomic E-state index is 13.0. The number of carbonyl (C=O) groups excluding carboxylic acids is 1. The molecule has 0 bridgehead atoms. The number of thiophene rings is 1. The standard InChI is InChI=1S/C15H24N2O4S2/c1-10-8-22-12(14(18)21-3)13(10)23(19,20)17-15(9-16)7-5-4-6-11(15)2/h8,11,17H,4-7,9,16H2,1-3H3. The zero-order valence-electron chi connectivity index (χ0n) is 13.7. The second-order valence-electron chi connectivity index (χ2n) is 6.18. The molecular formula is C15H24N2O4S2. The number of hydrogen-bond donors (Lipinski definition) is 2. The van der Waals surface area contributed by atoms with Crippen LogP contribution < -0.4 is 10.5 Å². The van der Waals surface area contributed by atoms with Crippen LogP contribution in [0, 0.1) is 12.8 Å². The van der Waals surface area contributed by atoms with Gasteiger partial charge in [-0.05, 0) is 36.6 Å². The molecule has 1 aliphatic rings. The predicted octanol–water partition coefficient (Wildman–Crippen LogP) is 2.03. The van der Waals surface area contributed by atoms with Crippen LogP contribution in [0.25, 0.3) is 0 Å². The second kappa shape index (κ2) is 6.88. The topological polar surface area (TPSA) is 98.5 Å². The van der Waals surface area contributed by atoms with Gasteiger partial charge >= 0.3 is 5.97 Å². The first-order chi connectivity index (χ1) is 10.8. The zero-order valence-corrected chi connectivity index (χ0v) is 15.4. The Balaban J connectivity index is 2.43. The van der Waals surface area contributed by atoms with Gasteiger partial charge in [-0.1, -0.05) is 19.8 Å². The summed E-state index contributed by atoms with van der Waals surface area (Å²) >= 11 is 1.08. The minimum Gasteiger partial charge on any atom is -0.465 e. The lowest BCUT2D eigenvalue weighted by atomic mass is 9.74. The van der Waals surface area contributed by atoms with Crippen LogP contribution >= 0.6 is 11.3 Å². The molecule has 0 aromatic carbocycles. The summed E-state index contributed by atoms with van der Waals surface area (Å²) in [7, 11) is -2.62. The Morgan fingerprint density at radius 1 is 1.52 bits per heavy atom. The van der Waals surface area contributed by atoms with Crippen molar-refractivity contribution in [3.63, 3.8) is 0 Å². The van der Waals surface area contributed by atoms with E-state index >= 15 is 0 Å². The van der Waals surface area contributed by atoms with E-state index in [9.17, 15) is 13.2 Å². The molecule has 130 valence electrons. The summed E-state index contributed by atoms with van der Waals surface area (Å²) in [6.45, 7) is 3.94. The highest BCUT2D eigenvalue weighted by atomic mass is 32.2. The number of aryl methyl sites for hydroxylation is 1. The maximum Gasteiger partial charge on any atom is 0.349 e. The predicted molar refractivity (Wildman–Crippen MR) is 90.1 cm³/mol. The molecule has 23 heavy (non-hydrogen) atoms. The third-order valence-corrected chi connectivity index (χ3v) is 7.66. The van der Waals surface area contributed by atoms with E-state index in [0.717, 1.165) is 30.6 Å². The number of nitrogens with one attached hydrogen (secondary N) is 1. The summed E-state index contributed by atoms with van der Waals surface area (Å²) in [5.41, 5.74) is 5.82. The zero-order chi connectivity index (χ0) is 17.3. The normalized spacial score (nSPS) is 25.3. The highest BCUT2D eigenvalue weighted by Gasteiger charge is 2.42. The quantitative estimate of drug-likeness (QED) is 0.783. The van der Waals surface area contributed by atoms with Gasteiger partial charge in [-0.25, -0.2) is 17.9 Å². The van der Waals surface area contributed by atoms with E-state index in [1.54, 1.807) is 12.3 Å². The van der Waals surface area contributed by atoms with E-state index in [2.05, 4.69) is 4.72 Å². The van der Waals surface area contributed by atoms with Crippen molar-refractivity contribution >= 4 is 27.3 Å². The first kappa shape index (κ1) is 18.4. The lowest BCUT2D eigenvalue weighted by Crippen LogP contribution is -2.59. The number of nitrogens with two attached hydrogens (primary N) is 1. The smallest absolute Gasteiger partial charge is 0.349 e. The minimum absolute atomic E-state index is 0.0138. The summed E-state index contributed by atoms with van der Waals surface area (Å²) in [6, 6.07) is 0. The van der Waals surface area contributed by atoms with Crippen LogP contribution in [0.4, 0.5) is 0 Å². The molecule has 6 nitrogen and oxygen atoms in total. The van der Waals surface area contributed by atoms with Crippen molar-refractivity contribution in [3.8, 4) is 0 Å². The third kappa shape index (κ3) is 3.45. The van der Waals surface area contributed by atoms with Crippen molar-refractivity contribution in [2.75, 3.05) is 13.7 Å².